The van der Waals surface area contributed by atoms with Gasteiger partial charge in [0.15, 0.2) is 11.5 Å². The third-order valence-corrected chi connectivity index (χ3v) is 5.19. The molecule has 2 aromatic rings. The standard InChI is InChI=1S/C20H22F2INO2/c1-25-18-11-16(12-24-9-5-8-20(21,22)14-24)10-17(23)19(18)26-13-15-6-3-2-4-7-15/h2-4,6-7,10-11H,5,8-9,12-14H2,1H3. The maximum Gasteiger partial charge on any atom is 0.260 e. The van der Waals surface area contributed by atoms with Crippen LogP contribution >= 0.6 is 22.6 Å². The Kier molecular flexibility index (Phi) is 6.34. The van der Waals surface area contributed by atoms with Gasteiger partial charge in [-0.3, -0.25) is 4.90 Å². The number of methoxy groups -OCH3 is 1. The van der Waals surface area contributed by atoms with E-state index in [2.05, 4.69) is 22.6 Å². The molecule has 2 aromatic carbocycles. The van der Waals surface area contributed by atoms with Gasteiger partial charge in [-0.05, 0) is 58.8 Å². The van der Waals surface area contributed by atoms with E-state index in [0.717, 1.165) is 14.7 Å². The molecule has 140 valence electrons. The van der Waals surface area contributed by atoms with Crippen LogP contribution in [0.1, 0.15) is 24.0 Å². The van der Waals surface area contributed by atoms with E-state index in [1.165, 1.54) is 0 Å². The summed E-state index contributed by atoms with van der Waals surface area (Å²) in [5.74, 6) is -1.27. The Balaban J connectivity index is 1.72. The van der Waals surface area contributed by atoms with Crippen molar-refractivity contribution in [3.63, 3.8) is 0 Å². The second-order valence-corrected chi connectivity index (χ2v) is 7.72. The number of nitrogens with zero attached hydrogens (tertiary/aromatic N) is 1. The summed E-state index contributed by atoms with van der Waals surface area (Å²) >= 11 is 2.21. The summed E-state index contributed by atoms with van der Waals surface area (Å²) in [5, 5.41) is 0. The zero-order valence-corrected chi connectivity index (χ0v) is 16.8. The molecule has 6 heteroatoms. The van der Waals surface area contributed by atoms with E-state index in [4.69, 9.17) is 9.47 Å². The zero-order chi connectivity index (χ0) is 18.6. The maximum atomic E-state index is 13.6. The van der Waals surface area contributed by atoms with Gasteiger partial charge >= 0.3 is 0 Å². The molecule has 1 aliphatic rings. The minimum Gasteiger partial charge on any atom is -0.493 e. The second-order valence-electron chi connectivity index (χ2n) is 6.55. The molecule has 1 fully saturated rings. The van der Waals surface area contributed by atoms with Crippen molar-refractivity contribution < 1.29 is 18.3 Å². The van der Waals surface area contributed by atoms with Crippen LogP contribution in [0.25, 0.3) is 0 Å². The number of hydrogen-bond donors (Lipinski definition) is 0. The Morgan fingerprint density at radius 2 is 1.92 bits per heavy atom. The smallest absolute Gasteiger partial charge is 0.260 e. The van der Waals surface area contributed by atoms with Gasteiger partial charge in [-0.25, -0.2) is 8.78 Å². The lowest BCUT2D eigenvalue weighted by Gasteiger charge is -2.32. The van der Waals surface area contributed by atoms with E-state index in [9.17, 15) is 8.78 Å². The summed E-state index contributed by atoms with van der Waals surface area (Å²) in [6.45, 7) is 1.45. The van der Waals surface area contributed by atoms with E-state index >= 15 is 0 Å². The molecular formula is C20H22F2INO2. The molecule has 0 amide bonds. The van der Waals surface area contributed by atoms with Crippen molar-refractivity contribution in [1.82, 2.24) is 4.90 Å². The monoisotopic (exact) mass is 473 g/mol. The summed E-state index contributed by atoms with van der Waals surface area (Å²) in [4.78, 5) is 1.80. The summed E-state index contributed by atoms with van der Waals surface area (Å²) in [6, 6.07) is 13.8. The van der Waals surface area contributed by atoms with Crippen molar-refractivity contribution in [2.45, 2.75) is 31.9 Å². The first kappa shape index (κ1) is 19.4. The first-order valence-corrected chi connectivity index (χ1v) is 9.68. The molecule has 1 heterocycles. The van der Waals surface area contributed by atoms with Crippen molar-refractivity contribution in [3.05, 3.63) is 57.2 Å². The molecule has 1 aliphatic heterocycles. The van der Waals surface area contributed by atoms with Gasteiger partial charge in [0.1, 0.15) is 6.61 Å². The van der Waals surface area contributed by atoms with Gasteiger partial charge in [-0.15, -0.1) is 0 Å². The highest BCUT2D eigenvalue weighted by molar-refractivity contribution is 14.1. The molecule has 3 nitrogen and oxygen atoms in total. The minimum absolute atomic E-state index is 0.0172. The molecule has 0 atom stereocenters. The van der Waals surface area contributed by atoms with Gasteiger partial charge < -0.3 is 9.47 Å². The SMILES string of the molecule is COc1cc(CN2CCCC(F)(F)C2)cc(I)c1OCc1ccccc1. The summed E-state index contributed by atoms with van der Waals surface area (Å²) in [6.07, 6.45) is 0.510. The van der Waals surface area contributed by atoms with Crippen molar-refractivity contribution in [1.29, 1.82) is 0 Å². The number of hydrogen-bond acceptors (Lipinski definition) is 3. The average molecular weight is 473 g/mol. The highest BCUT2D eigenvalue weighted by Gasteiger charge is 2.35. The van der Waals surface area contributed by atoms with E-state index in [1.54, 1.807) is 12.0 Å². The van der Waals surface area contributed by atoms with Crippen LogP contribution in [0.2, 0.25) is 0 Å². The molecule has 0 unspecified atom stereocenters. The van der Waals surface area contributed by atoms with Crippen molar-refractivity contribution in [2.24, 2.45) is 0 Å². The fourth-order valence-electron chi connectivity index (χ4n) is 3.17. The van der Waals surface area contributed by atoms with E-state index < -0.39 is 5.92 Å². The van der Waals surface area contributed by atoms with Crippen LogP contribution in [0, 0.1) is 3.57 Å². The Morgan fingerprint density at radius 1 is 1.15 bits per heavy atom. The van der Waals surface area contributed by atoms with E-state index in [0.29, 0.717) is 37.6 Å². The van der Waals surface area contributed by atoms with Gasteiger partial charge in [-0.2, -0.15) is 0 Å². The number of piperidine rings is 1. The predicted octanol–water partition coefficient (Wildman–Crippen LogP) is 5.11. The summed E-state index contributed by atoms with van der Waals surface area (Å²) in [5.41, 5.74) is 2.03. The minimum atomic E-state index is -2.59. The lowest BCUT2D eigenvalue weighted by atomic mass is 10.1. The summed E-state index contributed by atoms with van der Waals surface area (Å²) < 4.78 is 39.6. The third-order valence-electron chi connectivity index (χ3n) is 4.39. The quantitative estimate of drug-likeness (QED) is 0.545. The number of likely N-dealkylation sites (tertiary alicyclic amines) is 1. The number of rotatable bonds is 6. The number of alkyl halides is 2. The molecule has 0 spiro atoms. The molecule has 0 bridgehead atoms. The van der Waals surface area contributed by atoms with E-state index in [-0.39, 0.29) is 13.0 Å². The third kappa shape index (κ3) is 5.07. The second kappa shape index (κ2) is 8.52. The highest BCUT2D eigenvalue weighted by Crippen LogP contribution is 2.35. The molecular weight excluding hydrogens is 451 g/mol. The maximum absolute atomic E-state index is 13.6. The van der Waals surface area contributed by atoms with Gasteiger partial charge in [0.05, 0.1) is 17.2 Å². The van der Waals surface area contributed by atoms with Crippen LogP contribution < -0.4 is 9.47 Å². The van der Waals surface area contributed by atoms with Crippen LogP contribution in [0.3, 0.4) is 0 Å². The van der Waals surface area contributed by atoms with Crippen molar-refractivity contribution in [3.8, 4) is 11.5 Å². The van der Waals surface area contributed by atoms with Crippen molar-refractivity contribution in [2.75, 3.05) is 20.2 Å². The van der Waals surface area contributed by atoms with Crippen LogP contribution in [0.4, 0.5) is 8.78 Å². The van der Waals surface area contributed by atoms with E-state index in [1.807, 2.05) is 42.5 Å². The molecule has 3 rings (SSSR count). The fraction of sp³-hybridized carbons (Fsp3) is 0.400. The molecule has 26 heavy (non-hydrogen) atoms. The van der Waals surface area contributed by atoms with Crippen LogP contribution in [0.15, 0.2) is 42.5 Å². The van der Waals surface area contributed by atoms with Gasteiger partial charge in [0, 0.05) is 13.0 Å². The normalized spacial score (nSPS) is 17.1. The van der Waals surface area contributed by atoms with Crippen LogP contribution in [0.5, 0.6) is 11.5 Å². The predicted molar refractivity (Wildman–Crippen MR) is 106 cm³/mol. The lowest BCUT2D eigenvalue weighted by molar-refractivity contribution is -0.0661. The largest absolute Gasteiger partial charge is 0.493 e. The van der Waals surface area contributed by atoms with Gasteiger partial charge in [0.2, 0.25) is 0 Å². The van der Waals surface area contributed by atoms with Gasteiger partial charge in [-0.1, -0.05) is 30.3 Å². The Labute approximate surface area is 166 Å². The molecule has 0 radical (unpaired) electrons. The lowest BCUT2D eigenvalue weighted by Crippen LogP contribution is -2.42. The van der Waals surface area contributed by atoms with Crippen LogP contribution in [-0.2, 0) is 13.2 Å². The zero-order valence-electron chi connectivity index (χ0n) is 14.7. The Morgan fingerprint density at radius 3 is 2.62 bits per heavy atom. The van der Waals surface area contributed by atoms with Gasteiger partial charge in [0.25, 0.3) is 5.92 Å². The van der Waals surface area contributed by atoms with Crippen LogP contribution in [-0.4, -0.2) is 31.0 Å². The molecule has 1 saturated heterocycles. The fourth-order valence-corrected chi connectivity index (χ4v) is 4.00. The first-order valence-electron chi connectivity index (χ1n) is 8.60. The highest BCUT2D eigenvalue weighted by atomic mass is 127. The summed E-state index contributed by atoms with van der Waals surface area (Å²) in [7, 11) is 1.60. The average Bonchev–Trinajstić information content (AvgIpc) is 2.60. The first-order chi connectivity index (χ1) is 12.5. The Bertz CT molecular complexity index is 740. The topological polar surface area (TPSA) is 21.7 Å². The number of benzene rings is 2. The Hall–Kier alpha value is -1.41. The number of ether oxygens (including phenoxy) is 2. The molecule has 0 saturated carbocycles. The molecule has 0 N–H and O–H groups in total. The molecule has 0 aromatic heterocycles. The van der Waals surface area contributed by atoms with Crippen molar-refractivity contribution >= 4 is 22.6 Å². The molecule has 0 aliphatic carbocycles. The number of halogens is 3.